The van der Waals surface area contributed by atoms with Gasteiger partial charge in [-0.05, 0) is 60.2 Å². The van der Waals surface area contributed by atoms with Crippen molar-refractivity contribution in [2.75, 3.05) is 13.7 Å². The third kappa shape index (κ3) is 6.38. The molecule has 4 rings (SSSR count). The first-order chi connectivity index (χ1) is 17.3. The van der Waals surface area contributed by atoms with E-state index >= 15 is 0 Å². The van der Waals surface area contributed by atoms with Gasteiger partial charge < -0.3 is 9.47 Å². The molecule has 10 heteroatoms. The van der Waals surface area contributed by atoms with Gasteiger partial charge in [0.25, 0.3) is 15.9 Å². The van der Waals surface area contributed by atoms with Crippen molar-refractivity contribution >= 4 is 27.5 Å². The minimum atomic E-state index is -4.05. The minimum absolute atomic E-state index is 0.0506. The van der Waals surface area contributed by atoms with Crippen LogP contribution in [0.3, 0.4) is 0 Å². The molecule has 0 fully saturated rings. The molecule has 0 aliphatic rings. The van der Waals surface area contributed by atoms with Crippen LogP contribution >= 0.6 is 11.6 Å². The molecule has 0 saturated carbocycles. The SMILES string of the molecule is COc1ccc(S(=O)(=O)NC(=O)c2cccc(-c3ccc(OCCc4ccc(Cl)cc4)nn3)c2)cc1. The summed E-state index contributed by atoms with van der Waals surface area (Å²) in [5.41, 5.74) is 2.36. The van der Waals surface area contributed by atoms with Crippen LogP contribution < -0.4 is 14.2 Å². The third-order valence-electron chi connectivity index (χ3n) is 5.21. The van der Waals surface area contributed by atoms with E-state index in [9.17, 15) is 13.2 Å². The van der Waals surface area contributed by atoms with E-state index in [4.69, 9.17) is 21.1 Å². The van der Waals surface area contributed by atoms with Crippen molar-refractivity contribution in [3.8, 4) is 22.9 Å². The van der Waals surface area contributed by atoms with Gasteiger partial charge in [0.2, 0.25) is 5.88 Å². The number of rotatable bonds is 9. The second kappa shape index (κ2) is 11.2. The summed E-state index contributed by atoms with van der Waals surface area (Å²) in [4.78, 5) is 12.6. The molecule has 1 N–H and O–H groups in total. The number of amides is 1. The van der Waals surface area contributed by atoms with Crippen LogP contribution in [0.5, 0.6) is 11.6 Å². The predicted octanol–water partition coefficient (Wildman–Crippen LogP) is 4.55. The molecule has 0 spiro atoms. The van der Waals surface area contributed by atoms with E-state index in [1.165, 1.54) is 37.4 Å². The maximum atomic E-state index is 12.7. The first kappa shape index (κ1) is 25.2. The van der Waals surface area contributed by atoms with Crippen LogP contribution in [-0.4, -0.2) is 38.2 Å². The van der Waals surface area contributed by atoms with Crippen molar-refractivity contribution in [2.45, 2.75) is 11.3 Å². The van der Waals surface area contributed by atoms with Gasteiger partial charge in [-0.15, -0.1) is 10.2 Å². The van der Waals surface area contributed by atoms with Crippen LogP contribution in [0.1, 0.15) is 15.9 Å². The normalized spacial score (nSPS) is 11.1. The fraction of sp³-hybridized carbons (Fsp3) is 0.115. The molecule has 0 aliphatic carbocycles. The number of nitrogens with zero attached hydrogens (tertiary/aromatic N) is 2. The van der Waals surface area contributed by atoms with Gasteiger partial charge >= 0.3 is 0 Å². The molecule has 0 radical (unpaired) electrons. The lowest BCUT2D eigenvalue weighted by Gasteiger charge is -2.09. The van der Waals surface area contributed by atoms with Gasteiger partial charge in [0.15, 0.2) is 0 Å². The fourth-order valence-electron chi connectivity index (χ4n) is 3.29. The lowest BCUT2D eigenvalue weighted by molar-refractivity contribution is 0.0981. The first-order valence-corrected chi connectivity index (χ1v) is 12.7. The molecular weight excluding hydrogens is 502 g/mol. The molecule has 0 atom stereocenters. The highest BCUT2D eigenvalue weighted by molar-refractivity contribution is 7.90. The van der Waals surface area contributed by atoms with Crippen molar-refractivity contribution in [2.24, 2.45) is 0 Å². The Balaban J connectivity index is 1.39. The fourth-order valence-corrected chi connectivity index (χ4v) is 4.39. The Kier molecular flexibility index (Phi) is 7.82. The largest absolute Gasteiger partial charge is 0.497 e. The number of nitrogens with one attached hydrogen (secondary N) is 1. The average molecular weight is 524 g/mol. The number of halogens is 1. The number of aromatic nitrogens is 2. The second-order valence-electron chi connectivity index (χ2n) is 7.67. The number of methoxy groups -OCH3 is 1. The quantitative estimate of drug-likeness (QED) is 0.343. The van der Waals surface area contributed by atoms with E-state index < -0.39 is 15.9 Å². The molecule has 1 amide bonds. The standard InChI is InChI=1S/C26H22ClN3O5S/c1-34-22-9-11-23(12-10-22)36(32,33)30-26(31)20-4-2-3-19(17-20)24-13-14-25(29-28-24)35-16-15-18-5-7-21(27)8-6-18/h2-14,17H,15-16H2,1H3,(H,30,31). The zero-order valence-corrected chi connectivity index (χ0v) is 20.8. The Morgan fingerprint density at radius 1 is 0.944 bits per heavy atom. The third-order valence-corrected chi connectivity index (χ3v) is 6.81. The van der Waals surface area contributed by atoms with Crippen molar-refractivity contribution < 1.29 is 22.7 Å². The van der Waals surface area contributed by atoms with E-state index in [1.54, 1.807) is 30.3 Å². The number of sulfonamides is 1. The van der Waals surface area contributed by atoms with Gasteiger partial charge in [-0.1, -0.05) is 35.9 Å². The van der Waals surface area contributed by atoms with E-state index in [0.29, 0.717) is 40.9 Å². The van der Waals surface area contributed by atoms with E-state index in [-0.39, 0.29) is 10.5 Å². The molecule has 4 aromatic rings. The van der Waals surface area contributed by atoms with E-state index in [0.717, 1.165) is 5.56 Å². The monoisotopic (exact) mass is 523 g/mol. The predicted molar refractivity (Wildman–Crippen MR) is 136 cm³/mol. The summed E-state index contributed by atoms with van der Waals surface area (Å²) in [5, 5.41) is 8.94. The highest BCUT2D eigenvalue weighted by Gasteiger charge is 2.19. The minimum Gasteiger partial charge on any atom is -0.497 e. The molecule has 0 aliphatic heterocycles. The number of ether oxygens (including phenoxy) is 2. The van der Waals surface area contributed by atoms with Gasteiger partial charge in [-0.2, -0.15) is 0 Å². The van der Waals surface area contributed by atoms with Crippen molar-refractivity contribution in [1.29, 1.82) is 0 Å². The number of carbonyl (C=O) groups is 1. The zero-order chi connectivity index (χ0) is 25.5. The van der Waals surface area contributed by atoms with Gasteiger partial charge in [-0.3, -0.25) is 4.79 Å². The lowest BCUT2D eigenvalue weighted by atomic mass is 10.1. The second-order valence-corrected chi connectivity index (χ2v) is 9.79. The first-order valence-electron chi connectivity index (χ1n) is 10.9. The molecule has 8 nitrogen and oxygen atoms in total. The maximum Gasteiger partial charge on any atom is 0.265 e. The number of benzene rings is 3. The molecular formula is C26H22ClN3O5S. The molecule has 184 valence electrons. The van der Waals surface area contributed by atoms with Crippen LogP contribution in [-0.2, 0) is 16.4 Å². The van der Waals surface area contributed by atoms with Gasteiger partial charge in [0.1, 0.15) is 5.75 Å². The topological polar surface area (TPSA) is 107 Å². The molecule has 1 aromatic heterocycles. The summed E-state index contributed by atoms with van der Waals surface area (Å²) >= 11 is 5.89. The molecule has 1 heterocycles. The van der Waals surface area contributed by atoms with Crippen LogP contribution in [0.25, 0.3) is 11.3 Å². The van der Waals surface area contributed by atoms with Crippen molar-refractivity contribution in [1.82, 2.24) is 14.9 Å². The number of hydrogen-bond acceptors (Lipinski definition) is 7. The molecule has 36 heavy (non-hydrogen) atoms. The highest BCUT2D eigenvalue weighted by atomic mass is 35.5. The summed E-state index contributed by atoms with van der Waals surface area (Å²) in [6.07, 6.45) is 0.692. The Bertz CT molecular complexity index is 1440. The molecule has 3 aromatic carbocycles. The Morgan fingerprint density at radius 3 is 2.36 bits per heavy atom. The summed E-state index contributed by atoms with van der Waals surface area (Å²) in [6, 6.07) is 23.1. The number of hydrogen-bond donors (Lipinski definition) is 1. The zero-order valence-electron chi connectivity index (χ0n) is 19.2. The Labute approximate surface area is 213 Å². The highest BCUT2D eigenvalue weighted by Crippen LogP contribution is 2.21. The Morgan fingerprint density at radius 2 is 1.69 bits per heavy atom. The molecule has 0 saturated heterocycles. The summed E-state index contributed by atoms with van der Waals surface area (Å²) < 4.78 is 37.9. The summed E-state index contributed by atoms with van der Waals surface area (Å²) in [6.45, 7) is 0.425. The van der Waals surface area contributed by atoms with Crippen LogP contribution in [0.15, 0.2) is 89.8 Å². The van der Waals surface area contributed by atoms with Crippen LogP contribution in [0, 0.1) is 0 Å². The van der Waals surface area contributed by atoms with Crippen molar-refractivity contribution in [3.63, 3.8) is 0 Å². The van der Waals surface area contributed by atoms with Gasteiger partial charge in [0.05, 0.1) is 24.3 Å². The Hall–Kier alpha value is -3.95. The lowest BCUT2D eigenvalue weighted by Crippen LogP contribution is -2.30. The molecule has 0 bridgehead atoms. The van der Waals surface area contributed by atoms with Gasteiger partial charge in [0, 0.05) is 28.6 Å². The van der Waals surface area contributed by atoms with Crippen LogP contribution in [0.2, 0.25) is 5.02 Å². The maximum absolute atomic E-state index is 12.7. The van der Waals surface area contributed by atoms with Crippen molar-refractivity contribution in [3.05, 3.63) is 101 Å². The summed E-state index contributed by atoms with van der Waals surface area (Å²) in [7, 11) is -2.57. The smallest absolute Gasteiger partial charge is 0.265 e. The average Bonchev–Trinajstić information content (AvgIpc) is 2.90. The molecule has 0 unspecified atom stereocenters. The summed E-state index contributed by atoms with van der Waals surface area (Å²) in [5.74, 6) is 0.113. The van der Waals surface area contributed by atoms with Crippen LogP contribution in [0.4, 0.5) is 0 Å². The van der Waals surface area contributed by atoms with Gasteiger partial charge in [-0.25, -0.2) is 13.1 Å². The van der Waals surface area contributed by atoms with E-state index in [2.05, 4.69) is 14.9 Å². The van der Waals surface area contributed by atoms with E-state index in [1.807, 2.05) is 24.3 Å². The number of carbonyl (C=O) groups excluding carboxylic acids is 1.